The van der Waals surface area contributed by atoms with Crippen LogP contribution in [0.3, 0.4) is 0 Å². The Labute approximate surface area is 189 Å². The molecule has 1 saturated carbocycles. The monoisotopic (exact) mass is 507 g/mol. The normalized spacial score (nSPS) is 22.6. The summed E-state index contributed by atoms with van der Waals surface area (Å²) >= 11 is 0. The van der Waals surface area contributed by atoms with E-state index in [0.29, 0.717) is 12.5 Å². The summed E-state index contributed by atoms with van der Waals surface area (Å²) in [5.41, 5.74) is -0.264. The van der Waals surface area contributed by atoms with Crippen LogP contribution in [0.1, 0.15) is 52.4 Å². The van der Waals surface area contributed by atoms with Crippen LogP contribution in [0, 0.1) is 17.3 Å². The maximum atomic E-state index is 12.7. The van der Waals surface area contributed by atoms with Crippen LogP contribution in [0.15, 0.2) is 4.99 Å². The number of halogens is 1. The van der Waals surface area contributed by atoms with Crippen molar-refractivity contribution in [3.63, 3.8) is 0 Å². The Balaban J connectivity index is 0.00000392. The highest BCUT2D eigenvalue weighted by Crippen LogP contribution is 2.38. The third-order valence-corrected chi connectivity index (χ3v) is 6.02. The van der Waals surface area contributed by atoms with Crippen LogP contribution in [0.2, 0.25) is 0 Å². The van der Waals surface area contributed by atoms with E-state index in [1.165, 1.54) is 32.5 Å². The van der Waals surface area contributed by atoms with Gasteiger partial charge in [-0.05, 0) is 44.1 Å². The quantitative estimate of drug-likeness (QED) is 0.316. The Bertz CT molecular complexity index is 503. The van der Waals surface area contributed by atoms with Crippen molar-refractivity contribution in [2.45, 2.75) is 52.4 Å². The number of hydrogen-bond donors (Lipinski definition) is 2. The van der Waals surface area contributed by atoms with Gasteiger partial charge in [-0.15, -0.1) is 24.0 Å². The van der Waals surface area contributed by atoms with Gasteiger partial charge in [0.2, 0.25) is 5.91 Å². The first-order valence-corrected chi connectivity index (χ1v) is 10.7. The molecular weight excluding hydrogens is 465 g/mol. The first-order valence-electron chi connectivity index (χ1n) is 10.7. The van der Waals surface area contributed by atoms with Gasteiger partial charge < -0.3 is 20.4 Å². The molecule has 1 atom stereocenters. The highest BCUT2D eigenvalue weighted by molar-refractivity contribution is 14.0. The van der Waals surface area contributed by atoms with Crippen molar-refractivity contribution in [3.8, 4) is 0 Å². The lowest BCUT2D eigenvalue weighted by atomic mass is 9.84. The lowest BCUT2D eigenvalue weighted by Crippen LogP contribution is -2.50. The van der Waals surface area contributed by atoms with Gasteiger partial charge in [0, 0.05) is 47.3 Å². The van der Waals surface area contributed by atoms with E-state index in [9.17, 15) is 4.79 Å². The summed E-state index contributed by atoms with van der Waals surface area (Å²) in [4.78, 5) is 21.5. The van der Waals surface area contributed by atoms with E-state index in [1.807, 2.05) is 21.1 Å². The number of piperidine rings is 1. The summed E-state index contributed by atoms with van der Waals surface area (Å²) in [5.74, 6) is 2.47. The number of carbonyl (C=O) groups is 1. The van der Waals surface area contributed by atoms with Gasteiger partial charge >= 0.3 is 0 Å². The standard InChI is InChI=1S/C21H41N5O.HI/c1-17(2)14-26-12-8-9-18(15-26)13-23-20(22-3)24-16-21(10-6-7-11-21)19(27)25(4)5;/h17-18H,6-16H2,1-5H3,(H2,22,23,24);1H. The molecule has 1 heterocycles. The molecule has 7 heteroatoms. The van der Waals surface area contributed by atoms with Crippen molar-refractivity contribution >= 4 is 35.8 Å². The van der Waals surface area contributed by atoms with Gasteiger partial charge in [-0.1, -0.05) is 26.7 Å². The van der Waals surface area contributed by atoms with Crippen molar-refractivity contribution in [3.05, 3.63) is 0 Å². The van der Waals surface area contributed by atoms with Crippen LogP contribution in [0.5, 0.6) is 0 Å². The van der Waals surface area contributed by atoms with E-state index in [2.05, 4.69) is 34.4 Å². The van der Waals surface area contributed by atoms with E-state index < -0.39 is 0 Å². The minimum Gasteiger partial charge on any atom is -0.356 e. The molecule has 0 bridgehead atoms. The molecular formula is C21H42IN5O. The molecule has 1 aliphatic carbocycles. The van der Waals surface area contributed by atoms with Gasteiger partial charge in [0.15, 0.2) is 5.96 Å². The molecule has 1 saturated heterocycles. The molecule has 0 aromatic rings. The first kappa shape index (κ1) is 25.5. The fraction of sp³-hybridized carbons (Fsp3) is 0.905. The molecule has 164 valence electrons. The van der Waals surface area contributed by atoms with Gasteiger partial charge in [-0.2, -0.15) is 0 Å². The highest BCUT2D eigenvalue weighted by atomic mass is 127. The molecule has 0 spiro atoms. The Morgan fingerprint density at radius 2 is 1.89 bits per heavy atom. The van der Waals surface area contributed by atoms with Gasteiger partial charge in [0.05, 0.1) is 5.41 Å². The van der Waals surface area contributed by atoms with Crippen molar-refractivity contribution in [1.29, 1.82) is 0 Å². The summed E-state index contributed by atoms with van der Waals surface area (Å²) in [7, 11) is 5.54. The predicted molar refractivity (Wildman–Crippen MR) is 128 cm³/mol. The summed E-state index contributed by atoms with van der Waals surface area (Å²) in [5, 5.41) is 6.96. The molecule has 1 amide bonds. The fourth-order valence-electron chi connectivity index (χ4n) is 4.71. The number of carbonyl (C=O) groups excluding carboxylic acids is 1. The van der Waals surface area contributed by atoms with Crippen LogP contribution in [0.4, 0.5) is 0 Å². The smallest absolute Gasteiger partial charge is 0.230 e. The average molecular weight is 508 g/mol. The van der Waals surface area contributed by atoms with Crippen molar-refractivity contribution in [1.82, 2.24) is 20.4 Å². The number of rotatable bonds is 7. The molecule has 2 aliphatic rings. The Morgan fingerprint density at radius 3 is 2.46 bits per heavy atom. The number of nitrogens with one attached hydrogen (secondary N) is 2. The van der Waals surface area contributed by atoms with E-state index in [0.717, 1.165) is 44.1 Å². The van der Waals surface area contributed by atoms with E-state index in [-0.39, 0.29) is 35.3 Å². The zero-order valence-electron chi connectivity index (χ0n) is 18.6. The molecule has 0 radical (unpaired) electrons. The minimum atomic E-state index is -0.264. The van der Waals surface area contributed by atoms with Crippen LogP contribution < -0.4 is 10.6 Å². The van der Waals surface area contributed by atoms with Crippen LogP contribution in [0.25, 0.3) is 0 Å². The maximum Gasteiger partial charge on any atom is 0.230 e. The van der Waals surface area contributed by atoms with Gasteiger partial charge in [0.25, 0.3) is 0 Å². The van der Waals surface area contributed by atoms with E-state index in [1.54, 1.807) is 4.90 Å². The van der Waals surface area contributed by atoms with Crippen LogP contribution >= 0.6 is 24.0 Å². The van der Waals surface area contributed by atoms with E-state index >= 15 is 0 Å². The number of amides is 1. The van der Waals surface area contributed by atoms with Gasteiger partial charge in [-0.3, -0.25) is 9.79 Å². The molecule has 0 aromatic carbocycles. The second-order valence-corrected chi connectivity index (χ2v) is 9.16. The largest absolute Gasteiger partial charge is 0.356 e. The van der Waals surface area contributed by atoms with Crippen LogP contribution in [-0.2, 0) is 4.79 Å². The van der Waals surface area contributed by atoms with Gasteiger partial charge in [0.1, 0.15) is 0 Å². The number of aliphatic imine (C=N–C) groups is 1. The SMILES string of the molecule is CN=C(NCC1CCCN(CC(C)C)C1)NCC1(C(=O)N(C)C)CCCC1.I. The number of likely N-dealkylation sites (tertiary alicyclic amines) is 1. The van der Waals surface area contributed by atoms with Crippen LogP contribution in [-0.4, -0.2) is 75.5 Å². The Hall–Kier alpha value is -0.570. The summed E-state index contributed by atoms with van der Waals surface area (Å²) in [6.07, 6.45) is 6.79. The average Bonchev–Trinajstić information content (AvgIpc) is 3.11. The summed E-state index contributed by atoms with van der Waals surface area (Å²) in [6.45, 7) is 9.81. The summed E-state index contributed by atoms with van der Waals surface area (Å²) < 4.78 is 0. The lowest BCUT2D eigenvalue weighted by Gasteiger charge is -2.34. The molecule has 2 rings (SSSR count). The highest BCUT2D eigenvalue weighted by Gasteiger charge is 2.42. The number of nitrogens with zero attached hydrogens (tertiary/aromatic N) is 3. The zero-order chi connectivity index (χ0) is 19.9. The number of hydrogen-bond acceptors (Lipinski definition) is 3. The van der Waals surface area contributed by atoms with Gasteiger partial charge in [-0.25, -0.2) is 0 Å². The molecule has 0 aromatic heterocycles. The topological polar surface area (TPSA) is 60.0 Å². The Kier molecular flexibility index (Phi) is 11.1. The number of guanidine groups is 1. The maximum absolute atomic E-state index is 12.7. The lowest BCUT2D eigenvalue weighted by molar-refractivity contribution is -0.138. The molecule has 28 heavy (non-hydrogen) atoms. The minimum absolute atomic E-state index is 0. The van der Waals surface area contributed by atoms with Crippen molar-refractivity contribution < 1.29 is 4.79 Å². The fourth-order valence-corrected chi connectivity index (χ4v) is 4.71. The van der Waals surface area contributed by atoms with Crippen molar-refractivity contribution in [2.75, 3.05) is 53.9 Å². The predicted octanol–water partition coefficient (Wildman–Crippen LogP) is 2.79. The second-order valence-electron chi connectivity index (χ2n) is 9.16. The molecule has 6 nitrogen and oxygen atoms in total. The second kappa shape index (κ2) is 12.2. The van der Waals surface area contributed by atoms with E-state index in [4.69, 9.17) is 0 Å². The molecule has 2 N–H and O–H groups in total. The third kappa shape index (κ3) is 7.35. The molecule has 1 aliphatic heterocycles. The first-order chi connectivity index (χ1) is 12.9. The Morgan fingerprint density at radius 1 is 1.21 bits per heavy atom. The third-order valence-electron chi connectivity index (χ3n) is 6.02. The molecule has 1 unspecified atom stereocenters. The van der Waals surface area contributed by atoms with Crippen molar-refractivity contribution in [2.24, 2.45) is 22.2 Å². The summed E-state index contributed by atoms with van der Waals surface area (Å²) in [6, 6.07) is 0. The zero-order valence-corrected chi connectivity index (χ0v) is 20.9. The molecule has 2 fully saturated rings.